The highest BCUT2D eigenvalue weighted by Crippen LogP contribution is 2.38. The first-order valence-corrected chi connectivity index (χ1v) is 12.8. The zero-order chi connectivity index (χ0) is 24.6. The van der Waals surface area contributed by atoms with Crippen molar-refractivity contribution in [3.8, 4) is 0 Å². The highest BCUT2D eigenvalue weighted by molar-refractivity contribution is 6.06. The Bertz CT molecular complexity index is 1270. The third-order valence-electron chi connectivity index (χ3n) is 7.64. The van der Waals surface area contributed by atoms with Crippen molar-refractivity contribution in [2.75, 3.05) is 43.0 Å². The summed E-state index contributed by atoms with van der Waals surface area (Å²) in [5, 5.41) is 3.06. The van der Waals surface area contributed by atoms with Gasteiger partial charge in [-0.3, -0.25) is 14.6 Å². The number of carbonyl (C=O) groups excluding carboxylic acids is 2. The zero-order valence-electron chi connectivity index (χ0n) is 20.5. The summed E-state index contributed by atoms with van der Waals surface area (Å²) in [5.74, 6) is 2.05. The SMILES string of the molecule is Cn1c(C2CCC2)nc2cc(C(=O)N3CCN(c4cnccn4)CC3)cc(NC(=O)C3CCCO3)c21. The quantitative estimate of drug-likeness (QED) is 0.587. The molecule has 6 rings (SSSR count). The van der Waals surface area contributed by atoms with Gasteiger partial charge >= 0.3 is 0 Å². The van der Waals surface area contributed by atoms with Gasteiger partial charge in [0.05, 0.1) is 22.9 Å². The molecule has 1 aromatic carbocycles. The van der Waals surface area contributed by atoms with Crippen molar-refractivity contribution in [3.05, 3.63) is 42.1 Å². The van der Waals surface area contributed by atoms with E-state index in [1.165, 1.54) is 6.42 Å². The monoisotopic (exact) mass is 489 g/mol. The van der Waals surface area contributed by atoms with Gasteiger partial charge in [0, 0.05) is 63.7 Å². The lowest BCUT2D eigenvalue weighted by molar-refractivity contribution is -0.124. The van der Waals surface area contributed by atoms with Gasteiger partial charge in [-0.1, -0.05) is 6.42 Å². The maximum absolute atomic E-state index is 13.6. The fourth-order valence-electron chi connectivity index (χ4n) is 5.39. The van der Waals surface area contributed by atoms with Crippen molar-refractivity contribution >= 4 is 34.4 Å². The van der Waals surface area contributed by atoms with Crippen LogP contribution in [0.4, 0.5) is 11.5 Å². The normalized spacial score (nSPS) is 20.5. The van der Waals surface area contributed by atoms with Gasteiger partial charge in [0.1, 0.15) is 17.7 Å². The summed E-state index contributed by atoms with van der Waals surface area (Å²) >= 11 is 0. The van der Waals surface area contributed by atoms with Crippen LogP contribution >= 0.6 is 0 Å². The van der Waals surface area contributed by atoms with Gasteiger partial charge in [0.2, 0.25) is 0 Å². The van der Waals surface area contributed by atoms with Gasteiger partial charge in [-0.25, -0.2) is 9.97 Å². The molecule has 1 unspecified atom stereocenters. The van der Waals surface area contributed by atoms with Crippen molar-refractivity contribution < 1.29 is 14.3 Å². The summed E-state index contributed by atoms with van der Waals surface area (Å²) in [6, 6.07) is 3.68. The van der Waals surface area contributed by atoms with E-state index in [4.69, 9.17) is 9.72 Å². The van der Waals surface area contributed by atoms with Crippen LogP contribution in [0.3, 0.4) is 0 Å². The third-order valence-corrected chi connectivity index (χ3v) is 7.64. The number of imidazole rings is 1. The molecular formula is C26H31N7O3. The zero-order valence-corrected chi connectivity index (χ0v) is 20.5. The Morgan fingerprint density at radius 2 is 1.89 bits per heavy atom. The average molecular weight is 490 g/mol. The van der Waals surface area contributed by atoms with Crippen molar-refractivity contribution in [2.24, 2.45) is 7.05 Å². The molecule has 10 nitrogen and oxygen atoms in total. The molecule has 188 valence electrons. The first kappa shape index (κ1) is 22.9. The number of aryl methyl sites for hydroxylation is 1. The van der Waals surface area contributed by atoms with Crippen LogP contribution in [0.15, 0.2) is 30.7 Å². The summed E-state index contributed by atoms with van der Waals surface area (Å²) in [5.41, 5.74) is 2.75. The summed E-state index contributed by atoms with van der Waals surface area (Å²) in [6.07, 6.45) is 9.67. The van der Waals surface area contributed by atoms with Crippen LogP contribution in [0.2, 0.25) is 0 Å². The number of benzene rings is 1. The maximum atomic E-state index is 13.6. The van der Waals surface area contributed by atoms with Gasteiger partial charge in [0.15, 0.2) is 0 Å². The predicted octanol–water partition coefficient (Wildman–Crippen LogP) is 2.71. The number of nitrogens with one attached hydrogen (secondary N) is 1. The summed E-state index contributed by atoms with van der Waals surface area (Å²) in [6.45, 7) is 3.14. The van der Waals surface area contributed by atoms with Gasteiger partial charge < -0.3 is 24.4 Å². The number of nitrogens with zero attached hydrogens (tertiary/aromatic N) is 6. The molecule has 0 spiro atoms. The number of hydrogen-bond acceptors (Lipinski definition) is 7. The van der Waals surface area contributed by atoms with E-state index >= 15 is 0 Å². The molecule has 1 N–H and O–H groups in total. The molecule has 2 aliphatic heterocycles. The second-order valence-corrected chi connectivity index (χ2v) is 9.88. The van der Waals surface area contributed by atoms with Gasteiger partial charge in [-0.05, 0) is 37.8 Å². The van der Waals surface area contributed by atoms with E-state index in [-0.39, 0.29) is 11.8 Å². The van der Waals surface area contributed by atoms with Crippen molar-refractivity contribution in [3.63, 3.8) is 0 Å². The second-order valence-electron chi connectivity index (χ2n) is 9.88. The van der Waals surface area contributed by atoms with Gasteiger partial charge in [-0.2, -0.15) is 0 Å². The molecular weight excluding hydrogens is 458 g/mol. The Balaban J connectivity index is 1.28. The van der Waals surface area contributed by atoms with Crippen LogP contribution in [-0.2, 0) is 16.6 Å². The number of carbonyl (C=O) groups is 2. The van der Waals surface area contributed by atoms with E-state index in [0.29, 0.717) is 56.4 Å². The number of amides is 2. The molecule has 3 fully saturated rings. The molecule has 3 aliphatic rings. The van der Waals surface area contributed by atoms with Crippen molar-refractivity contribution in [1.29, 1.82) is 0 Å². The highest BCUT2D eigenvalue weighted by atomic mass is 16.5. The largest absolute Gasteiger partial charge is 0.368 e. The van der Waals surface area contributed by atoms with E-state index in [1.807, 2.05) is 18.0 Å². The molecule has 2 aromatic heterocycles. The lowest BCUT2D eigenvalue weighted by Gasteiger charge is -2.35. The molecule has 0 radical (unpaired) electrons. The molecule has 1 saturated carbocycles. The lowest BCUT2D eigenvalue weighted by atomic mass is 9.85. The Labute approximate surface area is 209 Å². The van der Waals surface area contributed by atoms with Crippen molar-refractivity contribution in [2.45, 2.75) is 44.1 Å². The maximum Gasteiger partial charge on any atom is 0.254 e. The van der Waals surface area contributed by atoms with E-state index in [0.717, 1.165) is 41.9 Å². The number of piperazine rings is 1. The second kappa shape index (κ2) is 9.50. The van der Waals surface area contributed by atoms with Crippen LogP contribution in [0.1, 0.15) is 54.2 Å². The third kappa shape index (κ3) is 4.19. The molecule has 1 atom stereocenters. The average Bonchev–Trinajstić information content (AvgIpc) is 3.52. The Hall–Kier alpha value is -3.53. The fraction of sp³-hybridized carbons (Fsp3) is 0.500. The first-order chi connectivity index (χ1) is 17.6. The van der Waals surface area contributed by atoms with Crippen LogP contribution in [-0.4, -0.2) is 75.1 Å². The van der Waals surface area contributed by atoms with Crippen LogP contribution < -0.4 is 10.2 Å². The van der Waals surface area contributed by atoms with Crippen LogP contribution in [0.25, 0.3) is 11.0 Å². The number of aromatic nitrogens is 4. The molecule has 10 heteroatoms. The Morgan fingerprint density at radius 1 is 1.06 bits per heavy atom. The Kier molecular flexibility index (Phi) is 6.04. The number of ether oxygens (including phenoxy) is 1. The number of anilines is 2. The highest BCUT2D eigenvalue weighted by Gasteiger charge is 2.30. The summed E-state index contributed by atoms with van der Waals surface area (Å²) in [7, 11) is 2.00. The van der Waals surface area contributed by atoms with E-state index in [2.05, 4.69) is 24.8 Å². The standard InChI is InChI=1S/C26H31N7O3/c1-31-23-19(29-24(31)17-4-2-5-17)14-18(15-20(23)30-25(34)21-6-3-13-36-21)26(35)33-11-9-32(10-12-33)22-16-27-7-8-28-22/h7-8,14-17,21H,2-6,9-13H2,1H3,(H,30,34). The fourth-order valence-corrected chi connectivity index (χ4v) is 5.39. The lowest BCUT2D eigenvalue weighted by Crippen LogP contribution is -2.49. The molecule has 3 aromatic rings. The number of hydrogen-bond donors (Lipinski definition) is 1. The number of rotatable bonds is 5. The Morgan fingerprint density at radius 3 is 2.56 bits per heavy atom. The van der Waals surface area contributed by atoms with Crippen molar-refractivity contribution in [1.82, 2.24) is 24.4 Å². The first-order valence-electron chi connectivity index (χ1n) is 12.8. The number of fused-ring (bicyclic) bond motifs is 1. The summed E-state index contributed by atoms with van der Waals surface area (Å²) < 4.78 is 7.68. The summed E-state index contributed by atoms with van der Waals surface area (Å²) in [4.78, 5) is 44.0. The molecule has 0 bridgehead atoms. The van der Waals surface area contributed by atoms with Crippen LogP contribution in [0.5, 0.6) is 0 Å². The molecule has 36 heavy (non-hydrogen) atoms. The van der Waals surface area contributed by atoms with E-state index in [1.54, 1.807) is 24.7 Å². The molecule has 2 amide bonds. The minimum absolute atomic E-state index is 0.0563. The molecule has 4 heterocycles. The van der Waals surface area contributed by atoms with E-state index in [9.17, 15) is 9.59 Å². The minimum atomic E-state index is -0.451. The smallest absolute Gasteiger partial charge is 0.254 e. The molecule has 1 aliphatic carbocycles. The predicted molar refractivity (Wildman–Crippen MR) is 135 cm³/mol. The van der Waals surface area contributed by atoms with Gasteiger partial charge in [-0.15, -0.1) is 0 Å². The van der Waals surface area contributed by atoms with E-state index < -0.39 is 6.10 Å². The van der Waals surface area contributed by atoms with Crippen LogP contribution in [0, 0.1) is 0 Å². The molecule has 2 saturated heterocycles. The topological polar surface area (TPSA) is 105 Å². The minimum Gasteiger partial charge on any atom is -0.368 e. The van der Waals surface area contributed by atoms with Gasteiger partial charge in [0.25, 0.3) is 11.8 Å².